The minimum atomic E-state index is -4.52. The first-order chi connectivity index (χ1) is 13.3. The summed E-state index contributed by atoms with van der Waals surface area (Å²) in [5.41, 5.74) is 5.01. The first-order valence-electron chi connectivity index (χ1n) is 8.79. The first kappa shape index (κ1) is 20.1. The molecule has 1 aromatic heterocycles. The second kappa shape index (κ2) is 8.14. The number of benzene rings is 1. The van der Waals surface area contributed by atoms with Crippen molar-refractivity contribution in [2.45, 2.75) is 25.4 Å². The van der Waals surface area contributed by atoms with E-state index in [0.29, 0.717) is 12.7 Å². The summed E-state index contributed by atoms with van der Waals surface area (Å²) in [6.07, 6.45) is -1.33. The summed E-state index contributed by atoms with van der Waals surface area (Å²) >= 11 is 0. The Morgan fingerprint density at radius 3 is 2.64 bits per heavy atom. The lowest BCUT2D eigenvalue weighted by Crippen LogP contribution is -2.29. The monoisotopic (exact) mass is 397 g/mol. The summed E-state index contributed by atoms with van der Waals surface area (Å²) < 4.78 is 57.1. The Morgan fingerprint density at radius 1 is 1.25 bits per heavy atom. The predicted molar refractivity (Wildman–Crippen MR) is 94.2 cm³/mol. The van der Waals surface area contributed by atoms with E-state index in [4.69, 9.17) is 10.5 Å². The van der Waals surface area contributed by atoms with Gasteiger partial charge in [-0.2, -0.15) is 13.2 Å². The minimum absolute atomic E-state index is 0.123. The molecule has 0 aliphatic heterocycles. The molecule has 1 aliphatic carbocycles. The molecule has 28 heavy (non-hydrogen) atoms. The number of rotatable bonds is 5. The second-order valence-electron chi connectivity index (χ2n) is 6.65. The van der Waals surface area contributed by atoms with Crippen molar-refractivity contribution in [3.63, 3.8) is 0 Å². The molecule has 1 saturated carbocycles. The van der Waals surface area contributed by atoms with Crippen molar-refractivity contribution >= 4 is 11.6 Å². The molecule has 2 atom stereocenters. The normalized spacial score (nSPS) is 19.5. The van der Waals surface area contributed by atoms with E-state index in [1.54, 1.807) is 0 Å². The van der Waals surface area contributed by atoms with Crippen LogP contribution < -0.4 is 15.8 Å². The largest absolute Gasteiger partial charge is 0.436 e. The maximum atomic E-state index is 14.3. The number of amides is 1. The zero-order chi connectivity index (χ0) is 20.3. The quantitative estimate of drug-likeness (QED) is 0.736. The average molecular weight is 397 g/mol. The predicted octanol–water partition coefficient (Wildman–Crippen LogP) is 4.35. The number of halogens is 4. The van der Waals surface area contributed by atoms with E-state index >= 15 is 0 Å². The molecule has 0 bridgehead atoms. The van der Waals surface area contributed by atoms with Crippen molar-refractivity contribution in [1.82, 2.24) is 4.98 Å². The van der Waals surface area contributed by atoms with Gasteiger partial charge in [0, 0.05) is 29.9 Å². The van der Waals surface area contributed by atoms with E-state index in [1.807, 2.05) is 0 Å². The highest BCUT2D eigenvalue weighted by Crippen LogP contribution is 2.33. The van der Waals surface area contributed by atoms with Crippen molar-refractivity contribution < 1.29 is 27.1 Å². The van der Waals surface area contributed by atoms with Gasteiger partial charge in [-0.15, -0.1) is 0 Å². The Bertz CT molecular complexity index is 840. The molecule has 1 aromatic carbocycles. The molecule has 0 radical (unpaired) electrons. The SMILES string of the molecule is NC[C@H]1CCC[C@H]1C(=O)Nc1ccc(Oc2ccc(C(F)(F)F)cn2)c(F)c1. The van der Waals surface area contributed by atoms with Crippen LogP contribution in [-0.4, -0.2) is 17.4 Å². The fraction of sp³-hybridized carbons (Fsp3) is 0.368. The summed E-state index contributed by atoms with van der Waals surface area (Å²) in [5, 5.41) is 2.67. The molecular weight excluding hydrogens is 378 g/mol. The molecule has 1 heterocycles. The topological polar surface area (TPSA) is 77.2 Å². The molecule has 1 amide bonds. The van der Waals surface area contributed by atoms with Crippen molar-refractivity contribution in [2.24, 2.45) is 17.6 Å². The number of ether oxygens (including phenoxy) is 1. The van der Waals surface area contributed by atoms with Gasteiger partial charge in [0.1, 0.15) is 0 Å². The third-order valence-electron chi connectivity index (χ3n) is 4.78. The van der Waals surface area contributed by atoms with E-state index in [0.717, 1.165) is 37.5 Å². The number of pyridine rings is 1. The number of alkyl halides is 3. The minimum Gasteiger partial charge on any atom is -0.436 e. The molecular formula is C19H19F4N3O2. The van der Waals surface area contributed by atoms with Crippen LogP contribution in [0.1, 0.15) is 24.8 Å². The van der Waals surface area contributed by atoms with Gasteiger partial charge in [-0.25, -0.2) is 9.37 Å². The maximum absolute atomic E-state index is 14.3. The van der Waals surface area contributed by atoms with Crippen LogP contribution in [-0.2, 0) is 11.0 Å². The van der Waals surface area contributed by atoms with E-state index < -0.39 is 17.6 Å². The highest BCUT2D eigenvalue weighted by Gasteiger charge is 2.32. The summed E-state index contributed by atoms with van der Waals surface area (Å²) in [4.78, 5) is 15.9. The number of carbonyl (C=O) groups is 1. The Morgan fingerprint density at radius 2 is 2.04 bits per heavy atom. The molecule has 3 N–H and O–H groups in total. The molecule has 1 aliphatic rings. The lowest BCUT2D eigenvalue weighted by atomic mass is 9.95. The first-order valence-corrected chi connectivity index (χ1v) is 8.79. The van der Waals surface area contributed by atoms with E-state index in [2.05, 4.69) is 10.3 Å². The van der Waals surface area contributed by atoms with Crippen LogP contribution >= 0.6 is 0 Å². The summed E-state index contributed by atoms with van der Waals surface area (Å²) in [5.74, 6) is -1.45. The fourth-order valence-electron chi connectivity index (χ4n) is 3.28. The van der Waals surface area contributed by atoms with Gasteiger partial charge in [-0.3, -0.25) is 4.79 Å². The van der Waals surface area contributed by atoms with Gasteiger partial charge in [0.15, 0.2) is 11.6 Å². The van der Waals surface area contributed by atoms with Crippen LogP contribution in [0, 0.1) is 17.7 Å². The van der Waals surface area contributed by atoms with Gasteiger partial charge in [0.05, 0.1) is 5.56 Å². The second-order valence-corrected chi connectivity index (χ2v) is 6.65. The third kappa shape index (κ3) is 4.59. The molecule has 0 unspecified atom stereocenters. The lowest BCUT2D eigenvalue weighted by Gasteiger charge is -2.17. The van der Waals surface area contributed by atoms with Gasteiger partial charge in [0.25, 0.3) is 0 Å². The third-order valence-corrected chi connectivity index (χ3v) is 4.78. The van der Waals surface area contributed by atoms with Crippen LogP contribution in [0.5, 0.6) is 11.6 Å². The van der Waals surface area contributed by atoms with Gasteiger partial charge >= 0.3 is 6.18 Å². The molecule has 3 rings (SSSR count). The Kier molecular flexibility index (Phi) is 5.83. The van der Waals surface area contributed by atoms with Crippen LogP contribution in [0.25, 0.3) is 0 Å². The molecule has 0 spiro atoms. The van der Waals surface area contributed by atoms with Crippen LogP contribution in [0.3, 0.4) is 0 Å². The highest BCUT2D eigenvalue weighted by atomic mass is 19.4. The van der Waals surface area contributed by atoms with Gasteiger partial charge < -0.3 is 15.8 Å². The van der Waals surface area contributed by atoms with Gasteiger partial charge in [-0.1, -0.05) is 6.42 Å². The lowest BCUT2D eigenvalue weighted by molar-refractivity contribution is -0.137. The zero-order valence-electron chi connectivity index (χ0n) is 14.8. The smallest absolute Gasteiger partial charge is 0.417 e. The Balaban J connectivity index is 1.66. The van der Waals surface area contributed by atoms with Crippen molar-refractivity contribution in [1.29, 1.82) is 0 Å². The number of carbonyl (C=O) groups excluding carboxylic acids is 1. The van der Waals surface area contributed by atoms with Crippen LogP contribution in [0.4, 0.5) is 23.2 Å². The maximum Gasteiger partial charge on any atom is 0.417 e. The molecule has 9 heteroatoms. The van der Waals surface area contributed by atoms with Crippen molar-refractivity contribution in [3.05, 3.63) is 47.9 Å². The van der Waals surface area contributed by atoms with E-state index in [1.165, 1.54) is 12.1 Å². The van der Waals surface area contributed by atoms with Gasteiger partial charge in [0.2, 0.25) is 11.8 Å². The number of nitrogens with two attached hydrogens (primary N) is 1. The number of hydrogen-bond donors (Lipinski definition) is 2. The number of nitrogens with zero attached hydrogens (tertiary/aromatic N) is 1. The zero-order valence-corrected chi connectivity index (χ0v) is 14.8. The molecule has 5 nitrogen and oxygen atoms in total. The molecule has 0 saturated heterocycles. The number of anilines is 1. The molecule has 2 aromatic rings. The fourth-order valence-corrected chi connectivity index (χ4v) is 3.28. The summed E-state index contributed by atoms with van der Waals surface area (Å²) in [6.45, 7) is 0.430. The standard InChI is InChI=1S/C19H19F4N3O2/c20-15-8-13(26-18(27)14-3-1-2-11(14)9-24)5-6-16(15)28-17-7-4-12(10-25-17)19(21,22)23/h4-8,10-11,14H,1-3,9,24H2,(H,26,27)/t11-,14-/m1/s1. The highest BCUT2D eigenvalue weighted by molar-refractivity contribution is 5.93. The van der Waals surface area contributed by atoms with Crippen LogP contribution in [0.15, 0.2) is 36.5 Å². The average Bonchev–Trinajstić information content (AvgIpc) is 3.12. The number of hydrogen-bond acceptors (Lipinski definition) is 4. The van der Waals surface area contributed by atoms with Crippen molar-refractivity contribution in [3.8, 4) is 11.6 Å². The summed E-state index contributed by atoms with van der Waals surface area (Å²) in [7, 11) is 0. The number of aromatic nitrogens is 1. The van der Waals surface area contributed by atoms with Crippen molar-refractivity contribution in [2.75, 3.05) is 11.9 Å². The number of nitrogens with one attached hydrogen (secondary N) is 1. The molecule has 150 valence electrons. The van der Waals surface area contributed by atoms with E-state index in [9.17, 15) is 22.4 Å². The Labute approximate surface area is 158 Å². The van der Waals surface area contributed by atoms with Gasteiger partial charge in [-0.05, 0) is 43.5 Å². The van der Waals surface area contributed by atoms with E-state index in [-0.39, 0.29) is 35.1 Å². The van der Waals surface area contributed by atoms with Crippen LogP contribution in [0.2, 0.25) is 0 Å². The Hall–Kier alpha value is -2.68. The molecule has 1 fully saturated rings. The summed E-state index contributed by atoms with van der Waals surface area (Å²) in [6, 6.07) is 5.62.